The molecule has 0 aliphatic rings. The molecule has 1 unspecified atom stereocenters. The van der Waals surface area contributed by atoms with Crippen LogP contribution in [0.25, 0.3) is 0 Å². The molecule has 5 nitrogen and oxygen atoms in total. The highest BCUT2D eigenvalue weighted by atomic mass is 16.2. The number of hydrogen-bond donors (Lipinski definition) is 1. The first kappa shape index (κ1) is 21.6. The Morgan fingerprint density at radius 1 is 0.893 bits per heavy atom. The Hall–Kier alpha value is -2.66. The summed E-state index contributed by atoms with van der Waals surface area (Å²) in [5.74, 6) is -0.0381. The van der Waals surface area contributed by atoms with Crippen molar-refractivity contribution in [3.05, 3.63) is 71.8 Å². The molecule has 28 heavy (non-hydrogen) atoms. The zero-order valence-corrected chi connectivity index (χ0v) is 17.1. The summed E-state index contributed by atoms with van der Waals surface area (Å²) in [6.07, 6.45) is 0.721. The largest absolute Gasteiger partial charge is 0.348 e. The summed E-state index contributed by atoms with van der Waals surface area (Å²) in [5, 5.41) is 3.14. The lowest BCUT2D eigenvalue weighted by Gasteiger charge is -2.24. The highest BCUT2D eigenvalue weighted by Crippen LogP contribution is 2.18. The Morgan fingerprint density at radius 2 is 1.46 bits per heavy atom. The summed E-state index contributed by atoms with van der Waals surface area (Å²) in [6.45, 7) is 5.71. The predicted octanol–water partition coefficient (Wildman–Crippen LogP) is 2.89. The van der Waals surface area contributed by atoms with Gasteiger partial charge in [-0.2, -0.15) is 0 Å². The van der Waals surface area contributed by atoms with Gasteiger partial charge in [0.25, 0.3) is 0 Å². The molecule has 2 aromatic rings. The van der Waals surface area contributed by atoms with E-state index in [-0.39, 0.29) is 30.9 Å². The number of nitrogens with one attached hydrogen (secondary N) is 1. The average molecular weight is 382 g/mol. The predicted molar refractivity (Wildman–Crippen MR) is 113 cm³/mol. The van der Waals surface area contributed by atoms with E-state index in [2.05, 4.69) is 17.4 Å². The molecule has 0 saturated heterocycles. The van der Waals surface area contributed by atoms with Gasteiger partial charge in [-0.15, -0.1) is 0 Å². The van der Waals surface area contributed by atoms with Crippen LogP contribution in [-0.4, -0.2) is 54.8 Å². The van der Waals surface area contributed by atoms with Gasteiger partial charge in [0.05, 0.1) is 19.1 Å². The van der Waals surface area contributed by atoms with Crippen molar-refractivity contribution in [1.29, 1.82) is 0 Å². The van der Waals surface area contributed by atoms with Gasteiger partial charge in [0.15, 0.2) is 0 Å². The third-order valence-corrected chi connectivity index (χ3v) is 4.75. The van der Waals surface area contributed by atoms with Crippen molar-refractivity contribution in [3.63, 3.8) is 0 Å². The second-order valence-corrected chi connectivity index (χ2v) is 6.96. The minimum atomic E-state index is -0.108. The molecule has 2 aromatic carbocycles. The zero-order valence-electron chi connectivity index (χ0n) is 17.1. The van der Waals surface area contributed by atoms with Gasteiger partial charge in [-0.1, -0.05) is 60.7 Å². The van der Waals surface area contributed by atoms with Gasteiger partial charge in [0.2, 0.25) is 11.8 Å². The lowest BCUT2D eigenvalue weighted by atomic mass is 9.99. The van der Waals surface area contributed by atoms with Crippen LogP contribution in [0.15, 0.2) is 60.7 Å². The Balaban J connectivity index is 1.99. The standard InChI is InChI=1S/C23H31N3O2/c1-4-26(5-2)23(28)18-25(3)17-22(27)24-21(20-14-10-7-11-15-20)16-19-12-8-6-9-13-19/h6-15,21H,4-5,16-18H2,1-3H3,(H,24,27). The molecule has 2 amide bonds. The van der Waals surface area contributed by atoms with Crippen LogP contribution in [0.1, 0.15) is 31.0 Å². The molecule has 0 saturated carbocycles. The lowest BCUT2D eigenvalue weighted by molar-refractivity contribution is -0.132. The Morgan fingerprint density at radius 3 is 2.04 bits per heavy atom. The summed E-state index contributed by atoms with van der Waals surface area (Å²) < 4.78 is 0. The molecule has 0 aliphatic heterocycles. The third kappa shape index (κ3) is 6.82. The van der Waals surface area contributed by atoms with Crippen molar-refractivity contribution in [2.45, 2.75) is 26.3 Å². The zero-order chi connectivity index (χ0) is 20.4. The Bertz CT molecular complexity index is 730. The molecule has 1 atom stereocenters. The molecule has 0 aliphatic carbocycles. The van der Waals surface area contributed by atoms with Gasteiger partial charge >= 0.3 is 0 Å². The third-order valence-electron chi connectivity index (χ3n) is 4.75. The van der Waals surface area contributed by atoms with Crippen LogP contribution >= 0.6 is 0 Å². The number of nitrogens with zero attached hydrogens (tertiary/aromatic N) is 2. The van der Waals surface area contributed by atoms with Gasteiger partial charge in [-0.3, -0.25) is 14.5 Å². The Labute approximate surface area is 168 Å². The van der Waals surface area contributed by atoms with Crippen molar-refractivity contribution < 1.29 is 9.59 Å². The van der Waals surface area contributed by atoms with E-state index in [1.807, 2.05) is 62.4 Å². The smallest absolute Gasteiger partial charge is 0.236 e. The number of likely N-dealkylation sites (N-methyl/N-ethyl adjacent to an activating group) is 2. The van der Waals surface area contributed by atoms with Crippen molar-refractivity contribution in [2.75, 3.05) is 33.2 Å². The first-order valence-corrected chi connectivity index (χ1v) is 9.88. The summed E-state index contributed by atoms with van der Waals surface area (Å²) in [7, 11) is 1.80. The molecule has 0 fully saturated rings. The summed E-state index contributed by atoms with van der Waals surface area (Å²) in [4.78, 5) is 28.4. The first-order valence-electron chi connectivity index (χ1n) is 9.88. The molecule has 0 heterocycles. The maximum Gasteiger partial charge on any atom is 0.236 e. The van der Waals surface area contributed by atoms with Crippen LogP contribution in [0.5, 0.6) is 0 Å². The molecule has 0 aromatic heterocycles. The van der Waals surface area contributed by atoms with E-state index in [0.29, 0.717) is 13.1 Å². The lowest BCUT2D eigenvalue weighted by Crippen LogP contribution is -2.43. The maximum atomic E-state index is 12.6. The molecular weight excluding hydrogens is 350 g/mol. The summed E-state index contributed by atoms with van der Waals surface area (Å²) in [5.41, 5.74) is 2.24. The highest BCUT2D eigenvalue weighted by molar-refractivity contribution is 5.81. The quantitative estimate of drug-likeness (QED) is 0.689. The van der Waals surface area contributed by atoms with Crippen LogP contribution in [0.3, 0.4) is 0 Å². The molecule has 5 heteroatoms. The van der Waals surface area contributed by atoms with Crippen molar-refractivity contribution in [3.8, 4) is 0 Å². The number of carbonyl (C=O) groups is 2. The number of hydrogen-bond acceptors (Lipinski definition) is 3. The monoisotopic (exact) mass is 381 g/mol. The van der Waals surface area contributed by atoms with Gasteiger partial charge in [-0.25, -0.2) is 0 Å². The molecule has 150 valence electrons. The molecule has 2 rings (SSSR count). The molecule has 0 spiro atoms. The summed E-state index contributed by atoms with van der Waals surface area (Å²) in [6, 6.07) is 20.0. The minimum Gasteiger partial charge on any atom is -0.348 e. The number of carbonyl (C=O) groups excluding carboxylic acids is 2. The van der Waals surface area contributed by atoms with Gasteiger partial charge < -0.3 is 10.2 Å². The van der Waals surface area contributed by atoms with E-state index in [1.165, 1.54) is 5.56 Å². The second-order valence-electron chi connectivity index (χ2n) is 6.96. The first-order chi connectivity index (χ1) is 13.5. The SMILES string of the molecule is CCN(CC)C(=O)CN(C)CC(=O)NC(Cc1ccccc1)c1ccccc1. The Kier molecular flexibility index (Phi) is 8.69. The van der Waals surface area contributed by atoms with Crippen LogP contribution < -0.4 is 5.32 Å². The van der Waals surface area contributed by atoms with E-state index in [4.69, 9.17) is 0 Å². The normalized spacial score (nSPS) is 11.9. The van der Waals surface area contributed by atoms with Gasteiger partial charge in [0, 0.05) is 13.1 Å². The number of amides is 2. The average Bonchev–Trinajstić information content (AvgIpc) is 2.69. The molecule has 0 bridgehead atoms. The second kappa shape index (κ2) is 11.2. The van der Waals surface area contributed by atoms with Crippen LogP contribution in [0.2, 0.25) is 0 Å². The van der Waals surface area contributed by atoms with Crippen molar-refractivity contribution in [1.82, 2.24) is 15.1 Å². The van der Waals surface area contributed by atoms with Crippen LogP contribution in [0, 0.1) is 0 Å². The van der Waals surface area contributed by atoms with Crippen LogP contribution in [-0.2, 0) is 16.0 Å². The summed E-state index contributed by atoms with van der Waals surface area (Å²) >= 11 is 0. The van der Waals surface area contributed by atoms with E-state index >= 15 is 0 Å². The highest BCUT2D eigenvalue weighted by Gasteiger charge is 2.18. The number of benzene rings is 2. The fourth-order valence-electron chi connectivity index (χ4n) is 3.24. The molecular formula is C23H31N3O2. The van der Waals surface area contributed by atoms with E-state index < -0.39 is 0 Å². The van der Waals surface area contributed by atoms with E-state index in [1.54, 1.807) is 16.8 Å². The molecule has 1 N–H and O–H groups in total. The number of rotatable bonds is 10. The minimum absolute atomic E-state index is 0.0456. The van der Waals surface area contributed by atoms with Crippen molar-refractivity contribution in [2.24, 2.45) is 0 Å². The topological polar surface area (TPSA) is 52.7 Å². The van der Waals surface area contributed by atoms with E-state index in [0.717, 1.165) is 12.0 Å². The fourth-order valence-corrected chi connectivity index (χ4v) is 3.24. The van der Waals surface area contributed by atoms with Crippen LogP contribution in [0.4, 0.5) is 0 Å². The van der Waals surface area contributed by atoms with Gasteiger partial charge in [-0.05, 0) is 38.4 Å². The fraction of sp³-hybridized carbons (Fsp3) is 0.391. The molecule has 0 radical (unpaired) electrons. The van der Waals surface area contributed by atoms with E-state index in [9.17, 15) is 9.59 Å². The van der Waals surface area contributed by atoms with Gasteiger partial charge in [0.1, 0.15) is 0 Å². The van der Waals surface area contributed by atoms with Crippen molar-refractivity contribution >= 4 is 11.8 Å². The maximum absolute atomic E-state index is 12.6.